The number of nitrogens with one attached hydrogen (secondary N) is 2. The first-order chi connectivity index (χ1) is 19.7. The Kier molecular flexibility index (Phi) is 14.2. The molecule has 1 aromatic rings. The molecule has 0 bridgehead atoms. The number of ether oxygens (including phenoxy) is 3. The van der Waals surface area contributed by atoms with E-state index < -0.39 is 40.0 Å². The van der Waals surface area contributed by atoms with E-state index in [1.807, 2.05) is 6.92 Å². The number of hydrogen-bond donors (Lipinski definition) is 2. The normalized spacial score (nSPS) is 12.7. The summed E-state index contributed by atoms with van der Waals surface area (Å²) in [5, 5.41) is 16.7. The fraction of sp³-hybridized carbons (Fsp3) is 0.700. The molecule has 43 heavy (non-hydrogen) atoms. The van der Waals surface area contributed by atoms with Crippen LogP contribution in [0, 0.1) is 10.1 Å². The van der Waals surface area contributed by atoms with Crippen molar-refractivity contribution in [2.75, 3.05) is 39.3 Å². The Bertz CT molecular complexity index is 1060. The van der Waals surface area contributed by atoms with Gasteiger partial charge in [-0.05, 0) is 80.8 Å². The van der Waals surface area contributed by atoms with Crippen molar-refractivity contribution in [1.82, 2.24) is 20.4 Å². The summed E-state index contributed by atoms with van der Waals surface area (Å²) >= 11 is 0. The van der Waals surface area contributed by atoms with Crippen molar-refractivity contribution in [2.24, 2.45) is 0 Å². The predicted octanol–water partition coefficient (Wildman–Crippen LogP) is 5.11. The molecule has 13 nitrogen and oxygen atoms in total. The molecule has 0 spiro atoms. The molecule has 244 valence electrons. The Morgan fingerprint density at radius 3 is 1.86 bits per heavy atom. The zero-order valence-electron chi connectivity index (χ0n) is 27.4. The van der Waals surface area contributed by atoms with Crippen LogP contribution < -0.4 is 10.6 Å². The van der Waals surface area contributed by atoms with Crippen molar-refractivity contribution < 1.29 is 33.5 Å². The maximum atomic E-state index is 13.0. The number of amides is 3. The van der Waals surface area contributed by atoms with Crippen molar-refractivity contribution in [3.63, 3.8) is 0 Å². The summed E-state index contributed by atoms with van der Waals surface area (Å²) in [4.78, 5) is 52.0. The number of benzene rings is 1. The van der Waals surface area contributed by atoms with E-state index in [0.29, 0.717) is 32.6 Å². The average Bonchev–Trinajstić information content (AvgIpc) is 2.81. The van der Waals surface area contributed by atoms with Gasteiger partial charge in [-0.2, -0.15) is 0 Å². The van der Waals surface area contributed by atoms with E-state index in [1.165, 1.54) is 17.0 Å². The van der Waals surface area contributed by atoms with Gasteiger partial charge in [0.05, 0.1) is 4.92 Å². The summed E-state index contributed by atoms with van der Waals surface area (Å²) < 4.78 is 16.3. The van der Waals surface area contributed by atoms with E-state index in [9.17, 15) is 24.5 Å². The molecule has 0 fully saturated rings. The third-order valence-corrected chi connectivity index (χ3v) is 5.66. The highest BCUT2D eigenvalue weighted by atomic mass is 16.6. The molecule has 1 atom stereocenters. The fourth-order valence-electron chi connectivity index (χ4n) is 3.85. The van der Waals surface area contributed by atoms with Crippen LogP contribution in [0.25, 0.3) is 0 Å². The Morgan fingerprint density at radius 2 is 1.37 bits per heavy atom. The van der Waals surface area contributed by atoms with Gasteiger partial charge in [-0.15, -0.1) is 0 Å². The molecule has 0 heterocycles. The van der Waals surface area contributed by atoms with Crippen LogP contribution >= 0.6 is 0 Å². The van der Waals surface area contributed by atoms with Gasteiger partial charge in [0.25, 0.3) is 5.69 Å². The van der Waals surface area contributed by atoms with Gasteiger partial charge in [0, 0.05) is 50.9 Å². The molecule has 0 aromatic heterocycles. The van der Waals surface area contributed by atoms with Crippen LogP contribution in [0.2, 0.25) is 0 Å². The van der Waals surface area contributed by atoms with E-state index >= 15 is 0 Å². The average molecular weight is 610 g/mol. The smallest absolute Gasteiger partial charge is 0.410 e. The second-order valence-electron chi connectivity index (χ2n) is 13.3. The molecule has 0 aliphatic carbocycles. The minimum atomic E-state index is -0.703. The van der Waals surface area contributed by atoms with E-state index in [0.717, 1.165) is 5.56 Å². The molecule has 0 saturated heterocycles. The van der Waals surface area contributed by atoms with E-state index in [4.69, 9.17) is 14.2 Å². The van der Waals surface area contributed by atoms with Crippen LogP contribution in [0.15, 0.2) is 24.3 Å². The third-order valence-electron chi connectivity index (χ3n) is 5.66. The maximum Gasteiger partial charge on any atom is 0.410 e. The zero-order chi connectivity index (χ0) is 33.0. The van der Waals surface area contributed by atoms with Gasteiger partial charge >= 0.3 is 18.3 Å². The zero-order valence-corrected chi connectivity index (χ0v) is 27.4. The Hall–Kier alpha value is -3.61. The molecule has 1 aromatic carbocycles. The Labute approximate surface area is 255 Å². The summed E-state index contributed by atoms with van der Waals surface area (Å²) in [5.41, 5.74) is -1.24. The maximum absolute atomic E-state index is 13.0. The summed E-state index contributed by atoms with van der Waals surface area (Å²) in [6.07, 6.45) is -1.25. The minimum Gasteiger partial charge on any atom is -0.444 e. The molecule has 13 heteroatoms. The lowest BCUT2D eigenvalue weighted by atomic mass is 10.0. The Morgan fingerprint density at radius 1 is 0.837 bits per heavy atom. The lowest BCUT2D eigenvalue weighted by molar-refractivity contribution is -0.384. The highest BCUT2D eigenvalue weighted by molar-refractivity contribution is 5.69. The van der Waals surface area contributed by atoms with Crippen molar-refractivity contribution in [3.8, 4) is 0 Å². The number of carbonyl (C=O) groups excluding carboxylic acids is 3. The first kappa shape index (κ1) is 37.4. The van der Waals surface area contributed by atoms with Gasteiger partial charge in [-0.3, -0.25) is 15.0 Å². The van der Waals surface area contributed by atoms with E-state index in [1.54, 1.807) is 74.4 Å². The minimum absolute atomic E-state index is 0.0148. The van der Waals surface area contributed by atoms with Crippen molar-refractivity contribution in [2.45, 2.75) is 98.5 Å². The highest BCUT2D eigenvalue weighted by Gasteiger charge is 2.25. The molecule has 2 N–H and O–H groups in total. The second-order valence-corrected chi connectivity index (χ2v) is 13.3. The van der Waals surface area contributed by atoms with Crippen molar-refractivity contribution >= 4 is 24.0 Å². The number of nitro benzene ring substituents is 1. The second kappa shape index (κ2) is 16.3. The van der Waals surface area contributed by atoms with Gasteiger partial charge in [0.1, 0.15) is 16.8 Å². The number of likely N-dealkylation sites (N-methyl/N-ethyl adjacent to an activating group) is 1. The van der Waals surface area contributed by atoms with Gasteiger partial charge in [-0.25, -0.2) is 14.4 Å². The first-order valence-electron chi connectivity index (χ1n) is 14.6. The van der Waals surface area contributed by atoms with Gasteiger partial charge in [-0.1, -0.05) is 19.1 Å². The molecule has 0 radical (unpaired) electrons. The monoisotopic (exact) mass is 609 g/mol. The van der Waals surface area contributed by atoms with Crippen molar-refractivity contribution in [1.29, 1.82) is 0 Å². The topological polar surface area (TPSA) is 153 Å². The lowest BCUT2D eigenvalue weighted by Gasteiger charge is -2.32. The predicted molar refractivity (Wildman–Crippen MR) is 164 cm³/mol. The number of alkyl carbamates (subject to hydrolysis) is 2. The lowest BCUT2D eigenvalue weighted by Crippen LogP contribution is -2.49. The largest absolute Gasteiger partial charge is 0.444 e. The van der Waals surface area contributed by atoms with Crippen LogP contribution in [-0.4, -0.2) is 95.1 Å². The van der Waals surface area contributed by atoms with Crippen LogP contribution in [-0.2, 0) is 20.6 Å². The molecule has 0 saturated carbocycles. The number of nitrogens with zero attached hydrogens (tertiary/aromatic N) is 3. The molecule has 1 rings (SSSR count). The standard InChI is InChI=1S/C30H51N5O8/c1-11-33(18-19-34(27(38)43-30(8,9)10)17-16-31-25(36)41-28(2,3)4)21-23(32-26(37)42-29(5,6)7)20-22-12-14-24(15-13-22)35(39)40/h12-15,23H,11,16-21H2,1-10H3,(H,31,36)(H,32,37). The number of rotatable bonds is 13. The number of hydrogen-bond acceptors (Lipinski definition) is 9. The summed E-state index contributed by atoms with van der Waals surface area (Å²) in [6.45, 7) is 20.1. The Balaban J connectivity index is 3.00. The first-order valence-corrected chi connectivity index (χ1v) is 14.6. The van der Waals surface area contributed by atoms with Crippen molar-refractivity contribution in [3.05, 3.63) is 39.9 Å². The molecular formula is C30H51N5O8. The number of nitro groups is 1. The molecule has 3 amide bonds. The molecule has 1 unspecified atom stereocenters. The molecular weight excluding hydrogens is 558 g/mol. The third kappa shape index (κ3) is 17.2. The van der Waals surface area contributed by atoms with Crippen LogP contribution in [0.5, 0.6) is 0 Å². The van der Waals surface area contributed by atoms with Gasteiger partial charge in [0.15, 0.2) is 0 Å². The molecule has 0 aliphatic heterocycles. The number of non-ortho nitro benzene ring substituents is 1. The van der Waals surface area contributed by atoms with Crippen LogP contribution in [0.4, 0.5) is 20.1 Å². The van der Waals surface area contributed by atoms with E-state index in [-0.39, 0.29) is 24.8 Å². The number of carbonyl (C=O) groups is 3. The van der Waals surface area contributed by atoms with Crippen LogP contribution in [0.3, 0.4) is 0 Å². The highest BCUT2D eigenvalue weighted by Crippen LogP contribution is 2.15. The summed E-state index contributed by atoms with van der Waals surface area (Å²) in [5.74, 6) is 0. The molecule has 0 aliphatic rings. The summed E-state index contributed by atoms with van der Waals surface area (Å²) in [6, 6.07) is 5.81. The SMILES string of the molecule is CCN(CCN(CCNC(=O)OC(C)(C)C)C(=O)OC(C)(C)C)CC(Cc1ccc([N+](=O)[O-])cc1)NC(=O)OC(C)(C)C. The fourth-order valence-corrected chi connectivity index (χ4v) is 3.85. The van der Waals surface area contributed by atoms with Gasteiger partial charge < -0.3 is 29.7 Å². The van der Waals surface area contributed by atoms with E-state index in [2.05, 4.69) is 15.5 Å². The quantitative estimate of drug-likeness (QED) is 0.176. The van der Waals surface area contributed by atoms with Gasteiger partial charge in [0.2, 0.25) is 0 Å². The summed E-state index contributed by atoms with van der Waals surface area (Å²) in [7, 11) is 0. The van der Waals surface area contributed by atoms with Crippen LogP contribution in [0.1, 0.15) is 74.8 Å².